The number of carbonyl (C=O) groups excluding carboxylic acids is 1. The number of pyridine rings is 1. The number of hydrogen-bond acceptors (Lipinski definition) is 2. The number of aromatic nitrogens is 1. The molecule has 0 aliphatic heterocycles. The third-order valence-corrected chi connectivity index (χ3v) is 10.7. The van der Waals surface area contributed by atoms with Crippen molar-refractivity contribution < 1.29 is 4.79 Å². The summed E-state index contributed by atoms with van der Waals surface area (Å²) in [6.45, 7) is 0. The normalized spacial score (nSPS) is 11.4. The van der Waals surface area contributed by atoms with Crippen molar-refractivity contribution in [3.8, 4) is 0 Å². The number of nitrogens with zero attached hydrogens (tertiary/aromatic N) is 1. The first-order valence-corrected chi connectivity index (χ1v) is 14.0. The first kappa shape index (κ1) is 23.6. The minimum absolute atomic E-state index is 0.439. The summed E-state index contributed by atoms with van der Waals surface area (Å²) in [5.74, 6) is 0. The molecule has 0 radical (unpaired) electrons. The van der Waals surface area contributed by atoms with Crippen LogP contribution in [0.15, 0.2) is 133 Å². The zero-order chi connectivity index (χ0) is 24.6. The summed E-state index contributed by atoms with van der Waals surface area (Å²) in [6, 6.07) is 47.0. The van der Waals surface area contributed by atoms with E-state index in [1.165, 1.54) is 21.5 Å². The third kappa shape index (κ3) is 5.10. The van der Waals surface area contributed by atoms with Gasteiger partial charge in [0.25, 0.3) is 0 Å². The van der Waals surface area contributed by atoms with Crippen LogP contribution in [0.4, 0.5) is 0 Å². The Kier molecular flexibility index (Phi) is 7.26. The number of rotatable bonds is 8. The maximum absolute atomic E-state index is 11.1. The molecule has 4 aromatic carbocycles. The van der Waals surface area contributed by atoms with Crippen LogP contribution in [0.5, 0.6) is 0 Å². The summed E-state index contributed by atoms with van der Waals surface area (Å²) >= 11 is 0. The Bertz CT molecular complexity index is 1370. The predicted octanol–water partition coefficient (Wildman–Crippen LogP) is 6.56. The quantitative estimate of drug-likeness (QED) is 0.184. The molecule has 0 fully saturated rings. The molecule has 0 bridgehead atoms. The minimum atomic E-state index is -1.96. The molecule has 0 saturated carbocycles. The number of carbonyl (C=O) groups is 1. The van der Waals surface area contributed by atoms with Gasteiger partial charge in [-0.15, -0.1) is 0 Å². The van der Waals surface area contributed by atoms with Crippen LogP contribution in [0.25, 0.3) is 12.2 Å². The first-order valence-electron chi connectivity index (χ1n) is 12.0. The van der Waals surface area contributed by atoms with Gasteiger partial charge in [-0.1, -0.05) is 84.9 Å². The molecule has 0 aliphatic carbocycles. The van der Waals surface area contributed by atoms with Crippen molar-refractivity contribution in [3.63, 3.8) is 0 Å². The molecule has 174 valence electrons. The Morgan fingerprint density at radius 1 is 0.556 bits per heavy atom. The van der Waals surface area contributed by atoms with E-state index in [0.29, 0.717) is 5.69 Å². The van der Waals surface area contributed by atoms with Crippen LogP contribution in [0.1, 0.15) is 27.3 Å². The molecule has 0 spiro atoms. The fourth-order valence-corrected chi connectivity index (χ4v) is 8.88. The van der Waals surface area contributed by atoms with Gasteiger partial charge in [-0.3, -0.25) is 4.79 Å². The van der Waals surface area contributed by atoms with E-state index in [4.69, 9.17) is 0 Å². The minimum Gasteiger partial charge on any atom is -0.296 e. The van der Waals surface area contributed by atoms with Gasteiger partial charge in [-0.2, -0.15) is 0 Å². The van der Waals surface area contributed by atoms with E-state index in [9.17, 15) is 4.79 Å². The number of benzene rings is 4. The van der Waals surface area contributed by atoms with E-state index >= 15 is 0 Å². The van der Waals surface area contributed by atoms with Gasteiger partial charge in [0.2, 0.25) is 0 Å². The van der Waals surface area contributed by atoms with Crippen molar-refractivity contribution in [2.75, 3.05) is 0 Å². The highest BCUT2D eigenvalue weighted by Crippen LogP contribution is 2.58. The van der Waals surface area contributed by atoms with E-state index in [-0.39, 0.29) is 0 Å². The summed E-state index contributed by atoms with van der Waals surface area (Å²) < 4.78 is 0. The molecular weight excluding hydrogens is 457 g/mol. The molecule has 1 aromatic heterocycles. The molecule has 0 unspecified atom stereocenters. The van der Waals surface area contributed by atoms with Crippen molar-refractivity contribution in [2.24, 2.45) is 0 Å². The average Bonchev–Trinajstić information content (AvgIpc) is 2.96. The van der Waals surface area contributed by atoms with Gasteiger partial charge in [-0.25, -0.2) is 4.98 Å². The number of hydrogen-bond donors (Lipinski definition) is 0. The Balaban J connectivity index is 1.59. The maximum atomic E-state index is 11.1. The molecule has 1 heterocycles. The zero-order valence-electron chi connectivity index (χ0n) is 19.9. The third-order valence-electron chi connectivity index (χ3n) is 6.32. The molecule has 5 rings (SSSR count). The Morgan fingerprint density at radius 2 is 1.08 bits per heavy atom. The molecular formula is C33H27NOP+. The summed E-state index contributed by atoms with van der Waals surface area (Å²) in [7, 11) is -1.96. The van der Waals surface area contributed by atoms with Crippen molar-refractivity contribution in [2.45, 2.75) is 6.16 Å². The largest absolute Gasteiger partial charge is 0.296 e. The Hall–Kier alpha value is -4.13. The van der Waals surface area contributed by atoms with Crippen LogP contribution in [-0.2, 0) is 6.16 Å². The second-order valence-electron chi connectivity index (χ2n) is 8.66. The lowest BCUT2D eigenvalue weighted by Crippen LogP contribution is -2.32. The van der Waals surface area contributed by atoms with E-state index in [0.717, 1.165) is 23.7 Å². The second kappa shape index (κ2) is 11.1. The highest BCUT2D eigenvalue weighted by molar-refractivity contribution is 7.95. The molecule has 0 amide bonds. The highest BCUT2D eigenvalue weighted by atomic mass is 31.2. The standard InChI is InChI=1S/C33H27NOP/c35-25-30-15-11-14-29(34-30)23-22-27-12-10-13-28(24-27)26-36(31-16-4-1-5-17-31,32-18-6-2-7-19-32)33-20-8-3-9-21-33/h1-25H,26H2/q+1. The molecule has 2 nitrogen and oxygen atoms in total. The lowest BCUT2D eigenvalue weighted by molar-refractivity contribution is 0.111. The molecule has 5 aromatic rings. The van der Waals surface area contributed by atoms with Crippen molar-refractivity contribution in [3.05, 3.63) is 156 Å². The molecule has 0 aliphatic rings. The van der Waals surface area contributed by atoms with Crippen molar-refractivity contribution in [1.82, 2.24) is 4.98 Å². The monoisotopic (exact) mass is 484 g/mol. The summed E-state index contributed by atoms with van der Waals surface area (Å²) in [4.78, 5) is 15.4. The molecule has 0 N–H and O–H groups in total. The van der Waals surface area contributed by atoms with Crippen LogP contribution in [-0.4, -0.2) is 11.3 Å². The van der Waals surface area contributed by atoms with Crippen LogP contribution >= 0.6 is 7.26 Å². The molecule has 0 saturated heterocycles. The predicted molar refractivity (Wildman–Crippen MR) is 154 cm³/mol. The van der Waals surface area contributed by atoms with E-state index < -0.39 is 7.26 Å². The van der Waals surface area contributed by atoms with Crippen LogP contribution in [0.3, 0.4) is 0 Å². The summed E-state index contributed by atoms with van der Waals surface area (Å²) in [5.41, 5.74) is 3.61. The topological polar surface area (TPSA) is 30.0 Å². The van der Waals surface area contributed by atoms with Gasteiger partial charge >= 0.3 is 0 Å². The summed E-state index contributed by atoms with van der Waals surface area (Å²) in [6.07, 6.45) is 5.72. The van der Waals surface area contributed by atoms with E-state index in [1.54, 1.807) is 6.07 Å². The average molecular weight is 485 g/mol. The molecule has 3 heteroatoms. The van der Waals surface area contributed by atoms with Crippen LogP contribution in [0, 0.1) is 0 Å². The van der Waals surface area contributed by atoms with Crippen LogP contribution < -0.4 is 15.9 Å². The fraction of sp³-hybridized carbons (Fsp3) is 0.0303. The second-order valence-corrected chi connectivity index (χ2v) is 12.1. The lowest BCUT2D eigenvalue weighted by Gasteiger charge is -2.28. The van der Waals surface area contributed by atoms with Crippen molar-refractivity contribution in [1.29, 1.82) is 0 Å². The smallest absolute Gasteiger partial charge is 0.168 e. The fourth-order valence-electron chi connectivity index (χ4n) is 4.65. The zero-order valence-corrected chi connectivity index (χ0v) is 20.8. The maximum Gasteiger partial charge on any atom is 0.168 e. The van der Waals surface area contributed by atoms with Gasteiger partial charge in [0.05, 0.1) is 11.9 Å². The van der Waals surface area contributed by atoms with Gasteiger partial charge < -0.3 is 0 Å². The van der Waals surface area contributed by atoms with Crippen molar-refractivity contribution >= 4 is 41.6 Å². The van der Waals surface area contributed by atoms with Gasteiger partial charge in [0.1, 0.15) is 28.9 Å². The van der Waals surface area contributed by atoms with Gasteiger partial charge in [0, 0.05) is 0 Å². The van der Waals surface area contributed by atoms with Gasteiger partial charge in [-0.05, 0) is 71.8 Å². The highest BCUT2D eigenvalue weighted by Gasteiger charge is 2.45. The summed E-state index contributed by atoms with van der Waals surface area (Å²) in [5, 5.41) is 4.12. The van der Waals surface area contributed by atoms with E-state index in [1.807, 2.05) is 18.2 Å². The SMILES string of the molecule is O=Cc1cccc(C=Cc2cccc(C[P+](c3ccccc3)(c3ccccc3)c3ccccc3)c2)n1. The molecule has 0 atom stereocenters. The Labute approximate surface area is 213 Å². The van der Waals surface area contributed by atoms with Gasteiger partial charge in [0.15, 0.2) is 6.29 Å². The lowest BCUT2D eigenvalue weighted by atomic mass is 10.1. The van der Waals surface area contributed by atoms with E-state index in [2.05, 4.69) is 126 Å². The molecule has 36 heavy (non-hydrogen) atoms. The number of aldehydes is 1. The Morgan fingerprint density at radius 3 is 1.64 bits per heavy atom. The first-order chi connectivity index (χ1) is 17.8. The van der Waals surface area contributed by atoms with Crippen LogP contribution in [0.2, 0.25) is 0 Å².